The second-order valence-corrected chi connectivity index (χ2v) is 5.52. The standard InChI is InChI=1S/C15H23NO2/c1-4-16(11-13-8-6-5-7-9-13)12-15(2,3)10-14(17)18/h5-9H,4,10-12H2,1-3H3,(H,17,18). The fraction of sp³-hybridized carbons (Fsp3) is 0.533. The van der Waals surface area contributed by atoms with Gasteiger partial charge < -0.3 is 5.11 Å². The summed E-state index contributed by atoms with van der Waals surface area (Å²) in [6.45, 7) is 8.73. The molecule has 0 aliphatic rings. The van der Waals surface area contributed by atoms with E-state index in [2.05, 4.69) is 24.0 Å². The molecule has 0 saturated carbocycles. The van der Waals surface area contributed by atoms with Gasteiger partial charge in [-0.3, -0.25) is 9.69 Å². The summed E-state index contributed by atoms with van der Waals surface area (Å²) in [5.74, 6) is -0.726. The topological polar surface area (TPSA) is 40.5 Å². The van der Waals surface area contributed by atoms with Crippen molar-refractivity contribution in [3.63, 3.8) is 0 Å². The molecule has 0 bridgehead atoms. The lowest BCUT2D eigenvalue weighted by Gasteiger charge is -2.31. The molecule has 0 amide bonds. The Labute approximate surface area is 109 Å². The molecule has 3 nitrogen and oxygen atoms in total. The van der Waals surface area contributed by atoms with Gasteiger partial charge in [0.2, 0.25) is 0 Å². The smallest absolute Gasteiger partial charge is 0.303 e. The van der Waals surface area contributed by atoms with E-state index in [-0.39, 0.29) is 11.8 Å². The van der Waals surface area contributed by atoms with E-state index in [0.29, 0.717) is 0 Å². The number of hydrogen-bond acceptors (Lipinski definition) is 2. The highest BCUT2D eigenvalue weighted by Gasteiger charge is 2.24. The Morgan fingerprint density at radius 2 is 1.89 bits per heavy atom. The molecule has 18 heavy (non-hydrogen) atoms. The molecule has 1 N–H and O–H groups in total. The highest BCUT2D eigenvalue weighted by molar-refractivity contribution is 5.67. The van der Waals surface area contributed by atoms with Crippen LogP contribution in [0, 0.1) is 5.41 Å². The molecule has 0 heterocycles. The van der Waals surface area contributed by atoms with Crippen molar-refractivity contribution >= 4 is 5.97 Å². The molecule has 0 fully saturated rings. The van der Waals surface area contributed by atoms with Gasteiger partial charge in [-0.25, -0.2) is 0 Å². The van der Waals surface area contributed by atoms with Gasteiger partial charge in [0.25, 0.3) is 0 Å². The average Bonchev–Trinajstić information content (AvgIpc) is 2.27. The number of carbonyl (C=O) groups is 1. The molecule has 1 aromatic rings. The van der Waals surface area contributed by atoms with Crippen molar-refractivity contribution in [1.82, 2.24) is 4.90 Å². The molecule has 0 aliphatic carbocycles. The Balaban J connectivity index is 2.59. The number of hydrogen-bond donors (Lipinski definition) is 1. The SMILES string of the molecule is CCN(Cc1ccccc1)CC(C)(C)CC(=O)O. The average molecular weight is 249 g/mol. The molecular formula is C15H23NO2. The molecule has 1 rings (SSSR count). The lowest BCUT2D eigenvalue weighted by atomic mass is 9.88. The first-order valence-corrected chi connectivity index (χ1v) is 6.41. The van der Waals surface area contributed by atoms with Gasteiger partial charge in [-0.15, -0.1) is 0 Å². The molecule has 0 aromatic heterocycles. The van der Waals surface area contributed by atoms with Gasteiger partial charge in [0.05, 0.1) is 6.42 Å². The van der Waals surface area contributed by atoms with E-state index < -0.39 is 5.97 Å². The van der Waals surface area contributed by atoms with Crippen LogP contribution < -0.4 is 0 Å². The highest BCUT2D eigenvalue weighted by Crippen LogP contribution is 2.22. The maximum atomic E-state index is 10.8. The molecule has 0 radical (unpaired) electrons. The summed E-state index contributed by atoms with van der Waals surface area (Å²) >= 11 is 0. The third-order valence-corrected chi connectivity index (χ3v) is 2.98. The molecule has 0 atom stereocenters. The minimum atomic E-state index is -0.726. The van der Waals surface area contributed by atoms with E-state index in [1.807, 2.05) is 32.0 Å². The maximum Gasteiger partial charge on any atom is 0.303 e. The fourth-order valence-corrected chi connectivity index (χ4v) is 2.19. The summed E-state index contributed by atoms with van der Waals surface area (Å²) in [6.07, 6.45) is 0.207. The van der Waals surface area contributed by atoms with Gasteiger partial charge >= 0.3 is 5.97 Å². The van der Waals surface area contributed by atoms with Crippen LogP contribution in [0.2, 0.25) is 0 Å². The summed E-state index contributed by atoms with van der Waals surface area (Å²) in [5, 5.41) is 8.91. The predicted molar refractivity (Wildman–Crippen MR) is 73.4 cm³/mol. The van der Waals surface area contributed by atoms with Crippen LogP contribution in [0.4, 0.5) is 0 Å². The van der Waals surface area contributed by atoms with Gasteiger partial charge in [0.1, 0.15) is 0 Å². The number of rotatable bonds is 7. The molecule has 0 unspecified atom stereocenters. The molecule has 0 spiro atoms. The van der Waals surface area contributed by atoms with Crippen LogP contribution in [0.3, 0.4) is 0 Å². The Morgan fingerprint density at radius 3 is 2.39 bits per heavy atom. The number of carboxylic acids is 1. The number of carboxylic acid groups (broad SMARTS) is 1. The first-order valence-electron chi connectivity index (χ1n) is 6.41. The van der Waals surface area contributed by atoms with E-state index in [9.17, 15) is 4.79 Å². The summed E-state index contributed by atoms with van der Waals surface area (Å²) in [7, 11) is 0. The number of aliphatic carboxylic acids is 1. The van der Waals surface area contributed by atoms with Gasteiger partial charge in [0, 0.05) is 13.1 Å². The second kappa shape index (κ2) is 6.55. The minimum absolute atomic E-state index is 0.198. The van der Waals surface area contributed by atoms with E-state index in [0.717, 1.165) is 19.6 Å². The van der Waals surface area contributed by atoms with E-state index in [1.54, 1.807) is 0 Å². The van der Waals surface area contributed by atoms with Crippen molar-refractivity contribution < 1.29 is 9.90 Å². The van der Waals surface area contributed by atoms with E-state index in [1.165, 1.54) is 5.56 Å². The van der Waals surface area contributed by atoms with Crippen LogP contribution in [0.15, 0.2) is 30.3 Å². The highest BCUT2D eigenvalue weighted by atomic mass is 16.4. The summed E-state index contributed by atoms with van der Waals surface area (Å²) in [6, 6.07) is 10.3. The van der Waals surface area contributed by atoms with Crippen LogP contribution in [0.25, 0.3) is 0 Å². The molecule has 1 aromatic carbocycles. The quantitative estimate of drug-likeness (QED) is 0.807. The Bertz CT molecular complexity index is 373. The number of benzene rings is 1. The second-order valence-electron chi connectivity index (χ2n) is 5.52. The molecule has 0 aliphatic heterocycles. The maximum absolute atomic E-state index is 10.8. The van der Waals surface area contributed by atoms with Crippen LogP contribution >= 0.6 is 0 Å². The first-order chi connectivity index (χ1) is 8.43. The van der Waals surface area contributed by atoms with Crippen LogP contribution in [-0.4, -0.2) is 29.1 Å². The lowest BCUT2D eigenvalue weighted by Crippen LogP contribution is -2.35. The van der Waals surface area contributed by atoms with Gasteiger partial charge in [-0.2, -0.15) is 0 Å². The van der Waals surface area contributed by atoms with Crippen molar-refractivity contribution in [2.75, 3.05) is 13.1 Å². The van der Waals surface area contributed by atoms with Crippen LogP contribution in [0.5, 0.6) is 0 Å². The van der Waals surface area contributed by atoms with Crippen LogP contribution in [-0.2, 0) is 11.3 Å². The molecule has 0 saturated heterocycles. The van der Waals surface area contributed by atoms with Crippen LogP contribution in [0.1, 0.15) is 32.8 Å². The third kappa shape index (κ3) is 5.32. The third-order valence-electron chi connectivity index (χ3n) is 2.98. The van der Waals surface area contributed by atoms with Crippen molar-refractivity contribution in [2.45, 2.75) is 33.7 Å². The normalized spacial score (nSPS) is 11.8. The minimum Gasteiger partial charge on any atom is -0.481 e. The Kier molecular flexibility index (Phi) is 5.35. The fourth-order valence-electron chi connectivity index (χ4n) is 2.19. The van der Waals surface area contributed by atoms with Crippen molar-refractivity contribution in [2.24, 2.45) is 5.41 Å². The number of nitrogens with zero attached hydrogens (tertiary/aromatic N) is 1. The van der Waals surface area contributed by atoms with E-state index >= 15 is 0 Å². The monoisotopic (exact) mass is 249 g/mol. The van der Waals surface area contributed by atoms with Gasteiger partial charge in [-0.1, -0.05) is 51.1 Å². The zero-order chi connectivity index (χ0) is 13.6. The zero-order valence-electron chi connectivity index (χ0n) is 11.5. The Hall–Kier alpha value is -1.35. The van der Waals surface area contributed by atoms with Gasteiger partial charge in [-0.05, 0) is 17.5 Å². The van der Waals surface area contributed by atoms with Crippen molar-refractivity contribution in [1.29, 1.82) is 0 Å². The summed E-state index contributed by atoms with van der Waals surface area (Å²) in [4.78, 5) is 13.1. The van der Waals surface area contributed by atoms with Crippen molar-refractivity contribution in [3.8, 4) is 0 Å². The molecular weight excluding hydrogens is 226 g/mol. The zero-order valence-corrected chi connectivity index (χ0v) is 11.5. The summed E-state index contributed by atoms with van der Waals surface area (Å²) in [5.41, 5.74) is 1.07. The van der Waals surface area contributed by atoms with Gasteiger partial charge in [0.15, 0.2) is 0 Å². The summed E-state index contributed by atoms with van der Waals surface area (Å²) < 4.78 is 0. The predicted octanol–water partition coefficient (Wildman–Crippen LogP) is 3.01. The largest absolute Gasteiger partial charge is 0.481 e. The molecule has 3 heteroatoms. The lowest BCUT2D eigenvalue weighted by molar-refractivity contribution is -0.139. The first kappa shape index (κ1) is 14.7. The molecule has 100 valence electrons. The van der Waals surface area contributed by atoms with Crippen molar-refractivity contribution in [3.05, 3.63) is 35.9 Å². The Morgan fingerprint density at radius 1 is 1.28 bits per heavy atom. The van der Waals surface area contributed by atoms with E-state index in [4.69, 9.17) is 5.11 Å².